The number of benzene rings is 2. The molecule has 6 heteroatoms. The smallest absolute Gasteiger partial charge is 0.269 e. The summed E-state index contributed by atoms with van der Waals surface area (Å²) in [7, 11) is 0. The Balaban J connectivity index is 1.95. The Labute approximate surface area is 126 Å². The molecule has 0 saturated heterocycles. The van der Waals surface area contributed by atoms with Gasteiger partial charge in [0.15, 0.2) is 12.4 Å². The molecule has 0 spiro atoms. The summed E-state index contributed by atoms with van der Waals surface area (Å²) < 4.78 is 5.41. The van der Waals surface area contributed by atoms with Gasteiger partial charge in [-0.15, -0.1) is 11.8 Å². The van der Waals surface area contributed by atoms with Gasteiger partial charge in [0.1, 0.15) is 5.75 Å². The number of hydrogen-bond acceptors (Lipinski definition) is 5. The number of thioether (sulfide) groups is 1. The molecule has 0 N–H and O–H groups in total. The molecule has 108 valence electrons. The van der Waals surface area contributed by atoms with E-state index in [4.69, 9.17) is 4.74 Å². The molecule has 0 unspecified atom stereocenters. The average molecular weight is 303 g/mol. The van der Waals surface area contributed by atoms with Crippen LogP contribution in [0.25, 0.3) is 0 Å². The van der Waals surface area contributed by atoms with Crippen LogP contribution in [0, 0.1) is 10.1 Å². The number of nitro groups is 1. The minimum absolute atomic E-state index is 0.0416. The number of non-ortho nitro benzene ring substituents is 1. The normalized spacial score (nSPS) is 10.1. The van der Waals surface area contributed by atoms with Gasteiger partial charge < -0.3 is 4.74 Å². The van der Waals surface area contributed by atoms with Crippen molar-refractivity contribution in [2.45, 2.75) is 4.90 Å². The molecule has 5 nitrogen and oxygen atoms in total. The quantitative estimate of drug-likeness (QED) is 0.353. The SMILES string of the molecule is CSc1ccc(OCC(=O)c2ccc([N+](=O)[O-])cc2)cc1. The molecular formula is C15H13NO4S. The van der Waals surface area contributed by atoms with Crippen LogP contribution in [-0.4, -0.2) is 23.6 Å². The fraction of sp³-hybridized carbons (Fsp3) is 0.133. The molecule has 0 aliphatic carbocycles. The second kappa shape index (κ2) is 6.90. The molecule has 0 aliphatic rings. The van der Waals surface area contributed by atoms with Crippen molar-refractivity contribution < 1.29 is 14.5 Å². The third-order valence-electron chi connectivity index (χ3n) is 2.83. The lowest BCUT2D eigenvalue weighted by molar-refractivity contribution is -0.384. The van der Waals surface area contributed by atoms with Crippen molar-refractivity contribution in [2.24, 2.45) is 0 Å². The average Bonchev–Trinajstić information content (AvgIpc) is 2.53. The number of Topliss-reactive ketones (excluding diaryl/α,β-unsaturated/α-hetero) is 1. The van der Waals surface area contributed by atoms with E-state index in [1.165, 1.54) is 24.3 Å². The standard InChI is InChI=1S/C15H13NO4S/c1-21-14-8-6-13(7-9-14)20-10-15(17)11-2-4-12(5-3-11)16(18)19/h2-9H,10H2,1H3. The van der Waals surface area contributed by atoms with Crippen LogP contribution in [0.1, 0.15) is 10.4 Å². The molecule has 2 aromatic carbocycles. The summed E-state index contributed by atoms with van der Waals surface area (Å²) in [5, 5.41) is 10.5. The lowest BCUT2D eigenvalue weighted by atomic mass is 10.1. The Morgan fingerprint density at radius 3 is 2.29 bits per heavy atom. The zero-order valence-corrected chi connectivity index (χ0v) is 12.1. The van der Waals surface area contributed by atoms with Crippen molar-refractivity contribution in [3.05, 3.63) is 64.2 Å². The number of nitrogens with zero attached hydrogens (tertiary/aromatic N) is 1. The van der Waals surface area contributed by atoms with E-state index >= 15 is 0 Å². The summed E-state index contributed by atoms with van der Waals surface area (Å²) in [6, 6.07) is 12.9. The van der Waals surface area contributed by atoms with Crippen molar-refractivity contribution in [2.75, 3.05) is 12.9 Å². The van der Waals surface area contributed by atoms with Crippen LogP contribution in [0.5, 0.6) is 5.75 Å². The summed E-state index contributed by atoms with van der Waals surface area (Å²) in [5.41, 5.74) is 0.349. The maximum absolute atomic E-state index is 11.9. The van der Waals surface area contributed by atoms with Crippen molar-refractivity contribution in [1.82, 2.24) is 0 Å². The summed E-state index contributed by atoms with van der Waals surface area (Å²) in [6.07, 6.45) is 1.98. The molecule has 21 heavy (non-hydrogen) atoms. The van der Waals surface area contributed by atoms with Gasteiger partial charge in [-0.3, -0.25) is 14.9 Å². The highest BCUT2D eigenvalue weighted by Crippen LogP contribution is 2.19. The topological polar surface area (TPSA) is 69.4 Å². The highest BCUT2D eigenvalue weighted by Gasteiger charge is 2.10. The summed E-state index contributed by atoms with van der Waals surface area (Å²) in [4.78, 5) is 23.1. The maximum atomic E-state index is 11.9. The molecule has 2 rings (SSSR count). The van der Waals surface area contributed by atoms with Crippen molar-refractivity contribution in [1.29, 1.82) is 0 Å². The van der Waals surface area contributed by atoms with E-state index < -0.39 is 4.92 Å². The number of hydrogen-bond donors (Lipinski definition) is 0. The Morgan fingerprint density at radius 1 is 1.14 bits per heavy atom. The Morgan fingerprint density at radius 2 is 1.76 bits per heavy atom. The molecule has 0 amide bonds. The number of ketones is 1. The fourth-order valence-electron chi connectivity index (χ4n) is 1.67. The van der Waals surface area contributed by atoms with Gasteiger partial charge in [0.05, 0.1) is 4.92 Å². The lowest BCUT2D eigenvalue weighted by Gasteiger charge is -2.06. The molecule has 0 atom stereocenters. The molecule has 0 radical (unpaired) electrons. The summed E-state index contributed by atoms with van der Waals surface area (Å²) in [6.45, 7) is -0.101. The predicted octanol–water partition coefficient (Wildman–Crippen LogP) is 3.58. The van der Waals surface area contributed by atoms with Crippen LogP contribution in [-0.2, 0) is 0 Å². The van der Waals surface area contributed by atoms with E-state index in [0.29, 0.717) is 11.3 Å². The zero-order chi connectivity index (χ0) is 15.2. The largest absolute Gasteiger partial charge is 0.485 e. The van der Waals surface area contributed by atoms with Gasteiger partial charge in [-0.1, -0.05) is 0 Å². The van der Waals surface area contributed by atoms with E-state index in [9.17, 15) is 14.9 Å². The predicted molar refractivity (Wildman–Crippen MR) is 81.1 cm³/mol. The van der Waals surface area contributed by atoms with Gasteiger partial charge in [-0.25, -0.2) is 0 Å². The number of carbonyl (C=O) groups is 1. The van der Waals surface area contributed by atoms with Gasteiger partial charge in [-0.2, -0.15) is 0 Å². The first kappa shape index (κ1) is 15.1. The lowest BCUT2D eigenvalue weighted by Crippen LogP contribution is -2.11. The van der Waals surface area contributed by atoms with Crippen LogP contribution in [0.2, 0.25) is 0 Å². The fourth-order valence-corrected chi connectivity index (χ4v) is 2.08. The van der Waals surface area contributed by atoms with Crippen molar-refractivity contribution >= 4 is 23.2 Å². The van der Waals surface area contributed by atoms with Gasteiger partial charge >= 0.3 is 0 Å². The van der Waals surface area contributed by atoms with Gasteiger partial charge in [-0.05, 0) is 42.7 Å². The minimum Gasteiger partial charge on any atom is -0.485 e. The van der Waals surface area contributed by atoms with Crippen LogP contribution >= 0.6 is 11.8 Å². The molecule has 0 fully saturated rings. The molecule has 0 saturated carbocycles. The van der Waals surface area contributed by atoms with Crippen molar-refractivity contribution in [3.63, 3.8) is 0 Å². The van der Waals surface area contributed by atoms with E-state index in [0.717, 1.165) is 4.90 Å². The van der Waals surface area contributed by atoms with E-state index in [2.05, 4.69) is 0 Å². The molecular weight excluding hydrogens is 290 g/mol. The number of carbonyl (C=O) groups excluding carboxylic acids is 1. The van der Waals surface area contributed by atoms with E-state index in [1.807, 2.05) is 18.4 Å². The maximum Gasteiger partial charge on any atom is 0.269 e. The van der Waals surface area contributed by atoms with E-state index in [-0.39, 0.29) is 18.1 Å². The highest BCUT2D eigenvalue weighted by atomic mass is 32.2. The van der Waals surface area contributed by atoms with Gasteiger partial charge in [0.25, 0.3) is 5.69 Å². The first-order valence-electron chi connectivity index (χ1n) is 6.14. The number of ether oxygens (including phenoxy) is 1. The first-order valence-corrected chi connectivity index (χ1v) is 7.37. The third kappa shape index (κ3) is 4.06. The van der Waals surface area contributed by atoms with E-state index in [1.54, 1.807) is 23.9 Å². The second-order valence-corrected chi connectivity index (χ2v) is 5.07. The molecule has 0 bridgehead atoms. The molecule has 0 aromatic heterocycles. The Hall–Kier alpha value is -2.34. The highest BCUT2D eigenvalue weighted by molar-refractivity contribution is 7.98. The molecule has 0 heterocycles. The monoisotopic (exact) mass is 303 g/mol. The third-order valence-corrected chi connectivity index (χ3v) is 3.57. The van der Waals surface area contributed by atoms with Crippen LogP contribution in [0.4, 0.5) is 5.69 Å². The van der Waals surface area contributed by atoms with Crippen LogP contribution in [0.15, 0.2) is 53.4 Å². The number of nitro benzene ring substituents is 1. The minimum atomic E-state index is -0.502. The van der Waals surface area contributed by atoms with Gasteiger partial charge in [0.2, 0.25) is 0 Å². The number of rotatable bonds is 6. The Bertz CT molecular complexity index is 638. The van der Waals surface area contributed by atoms with Crippen LogP contribution < -0.4 is 4.74 Å². The summed E-state index contributed by atoms with van der Waals surface area (Å²) in [5.74, 6) is 0.391. The zero-order valence-electron chi connectivity index (χ0n) is 11.3. The van der Waals surface area contributed by atoms with Gasteiger partial charge in [0, 0.05) is 22.6 Å². The Kier molecular flexibility index (Phi) is 4.94. The first-order chi connectivity index (χ1) is 10.1. The second-order valence-electron chi connectivity index (χ2n) is 4.19. The molecule has 2 aromatic rings. The molecule has 0 aliphatic heterocycles. The van der Waals surface area contributed by atoms with Crippen molar-refractivity contribution in [3.8, 4) is 5.75 Å². The summed E-state index contributed by atoms with van der Waals surface area (Å²) >= 11 is 1.62. The van der Waals surface area contributed by atoms with Crippen LogP contribution in [0.3, 0.4) is 0 Å².